The molecule has 1 atom stereocenters. The molecule has 5 rings (SSSR count). The summed E-state index contributed by atoms with van der Waals surface area (Å²) in [5.74, 6) is 1.44. The van der Waals surface area contributed by atoms with E-state index in [0.717, 1.165) is 54.0 Å². The van der Waals surface area contributed by atoms with Crippen molar-refractivity contribution in [2.75, 3.05) is 33.4 Å². The maximum absolute atomic E-state index is 6.06. The second-order valence-electron chi connectivity index (χ2n) is 7.94. The molecule has 1 aromatic carbocycles. The van der Waals surface area contributed by atoms with Crippen molar-refractivity contribution < 1.29 is 9.47 Å². The molecule has 0 aliphatic carbocycles. The van der Waals surface area contributed by atoms with Gasteiger partial charge < -0.3 is 15.2 Å². The summed E-state index contributed by atoms with van der Waals surface area (Å²) < 4.78 is 13.0. The number of methoxy groups -OCH3 is 1. The van der Waals surface area contributed by atoms with Crippen molar-refractivity contribution in [2.45, 2.75) is 19.0 Å². The van der Waals surface area contributed by atoms with Crippen molar-refractivity contribution in [3.63, 3.8) is 0 Å². The fourth-order valence-corrected chi connectivity index (χ4v) is 4.06. The molecule has 8 heteroatoms. The number of fused-ring (bicyclic) bond motifs is 2. The number of para-hydroxylation sites is 1. The average molecular weight is 419 g/mol. The number of likely N-dealkylation sites (tertiary alicyclic amines) is 1. The molecule has 8 nitrogen and oxygen atoms in total. The molecule has 1 saturated heterocycles. The molecule has 3 aromatic heterocycles. The summed E-state index contributed by atoms with van der Waals surface area (Å²) >= 11 is 0. The van der Waals surface area contributed by atoms with Crippen LogP contribution in [-0.2, 0) is 11.3 Å². The maximum atomic E-state index is 6.06. The zero-order chi connectivity index (χ0) is 21.2. The third-order valence-corrected chi connectivity index (χ3v) is 5.64. The van der Waals surface area contributed by atoms with Crippen LogP contribution in [0.2, 0.25) is 0 Å². The highest BCUT2D eigenvalue weighted by Gasteiger charge is 2.19. The molecule has 1 unspecified atom stereocenters. The Balaban J connectivity index is 1.49. The van der Waals surface area contributed by atoms with E-state index in [9.17, 15) is 0 Å². The van der Waals surface area contributed by atoms with Crippen molar-refractivity contribution in [1.82, 2.24) is 24.5 Å². The molecule has 0 spiro atoms. The van der Waals surface area contributed by atoms with E-state index >= 15 is 0 Å². The van der Waals surface area contributed by atoms with Crippen molar-refractivity contribution >= 4 is 16.6 Å². The number of aromatic nitrogens is 4. The molecule has 0 bridgehead atoms. The van der Waals surface area contributed by atoms with Crippen molar-refractivity contribution in [3.05, 3.63) is 54.2 Å². The normalized spacial score (nSPS) is 17.0. The molecule has 1 fully saturated rings. The molecule has 4 heterocycles. The van der Waals surface area contributed by atoms with Crippen LogP contribution in [0.1, 0.15) is 12.0 Å². The fraction of sp³-hybridized carbons (Fsp3) is 0.348. The third-order valence-electron chi connectivity index (χ3n) is 5.64. The predicted octanol–water partition coefficient (Wildman–Crippen LogP) is 2.50. The molecule has 1 aliphatic rings. The van der Waals surface area contributed by atoms with E-state index in [4.69, 9.17) is 20.2 Å². The molecule has 2 N–H and O–H groups in total. The van der Waals surface area contributed by atoms with E-state index in [1.165, 1.54) is 5.56 Å². The molecular formula is C23H26N6O2. The van der Waals surface area contributed by atoms with E-state index in [1.54, 1.807) is 7.11 Å². The highest BCUT2D eigenvalue weighted by Crippen LogP contribution is 2.27. The summed E-state index contributed by atoms with van der Waals surface area (Å²) in [4.78, 5) is 7.26. The van der Waals surface area contributed by atoms with E-state index < -0.39 is 0 Å². The average Bonchev–Trinajstić information content (AvgIpc) is 3.39. The van der Waals surface area contributed by atoms with Crippen molar-refractivity contribution in [3.8, 4) is 17.3 Å². The van der Waals surface area contributed by atoms with Crippen LogP contribution in [0.15, 0.2) is 48.7 Å². The smallest absolute Gasteiger partial charge is 0.187 e. The van der Waals surface area contributed by atoms with Crippen LogP contribution in [0.4, 0.5) is 0 Å². The van der Waals surface area contributed by atoms with Gasteiger partial charge in [0.2, 0.25) is 0 Å². The second-order valence-corrected chi connectivity index (χ2v) is 7.94. The van der Waals surface area contributed by atoms with Gasteiger partial charge in [-0.25, -0.2) is 4.98 Å². The highest BCUT2D eigenvalue weighted by atomic mass is 16.5. The lowest BCUT2D eigenvalue weighted by atomic mass is 10.2. The molecule has 1 aliphatic heterocycles. The molecule has 160 valence electrons. The minimum absolute atomic E-state index is 0.274. The Hall–Kier alpha value is -3.07. The number of rotatable bonds is 7. The number of ether oxygens (including phenoxy) is 2. The van der Waals surface area contributed by atoms with Gasteiger partial charge in [-0.15, -0.1) is 10.2 Å². The summed E-state index contributed by atoms with van der Waals surface area (Å²) in [6.45, 7) is 3.83. The summed E-state index contributed by atoms with van der Waals surface area (Å²) in [5.41, 5.74) is 9.61. The summed E-state index contributed by atoms with van der Waals surface area (Å²) in [5, 5.41) is 9.77. The van der Waals surface area contributed by atoms with Gasteiger partial charge in [0, 0.05) is 44.4 Å². The van der Waals surface area contributed by atoms with Crippen LogP contribution in [0.25, 0.3) is 28.1 Å². The van der Waals surface area contributed by atoms with Gasteiger partial charge in [0.25, 0.3) is 0 Å². The van der Waals surface area contributed by atoms with Crippen LogP contribution in [0, 0.1) is 0 Å². The molecule has 0 saturated carbocycles. The topological polar surface area (TPSA) is 90.8 Å². The van der Waals surface area contributed by atoms with Gasteiger partial charge >= 0.3 is 0 Å². The van der Waals surface area contributed by atoms with Gasteiger partial charge in [-0.2, -0.15) is 0 Å². The largest absolute Gasteiger partial charge is 0.489 e. The molecular weight excluding hydrogens is 392 g/mol. The van der Waals surface area contributed by atoms with E-state index in [2.05, 4.69) is 27.4 Å². The Morgan fingerprint density at radius 1 is 1.10 bits per heavy atom. The Morgan fingerprint density at radius 2 is 2.03 bits per heavy atom. The Bertz CT molecular complexity index is 1210. The first-order valence-corrected chi connectivity index (χ1v) is 10.5. The lowest BCUT2D eigenvalue weighted by molar-refractivity contribution is 0.147. The number of nitrogens with zero attached hydrogens (tertiary/aromatic N) is 5. The van der Waals surface area contributed by atoms with Crippen LogP contribution < -0.4 is 10.5 Å². The number of benzene rings is 1. The quantitative estimate of drug-likeness (QED) is 0.461. The minimum Gasteiger partial charge on any atom is -0.489 e. The van der Waals surface area contributed by atoms with Gasteiger partial charge in [0.05, 0.1) is 6.61 Å². The summed E-state index contributed by atoms with van der Waals surface area (Å²) in [6.07, 6.45) is 3.15. The maximum Gasteiger partial charge on any atom is 0.187 e. The second kappa shape index (κ2) is 8.58. The Morgan fingerprint density at radius 3 is 2.87 bits per heavy atom. The van der Waals surface area contributed by atoms with Crippen LogP contribution in [-0.4, -0.2) is 63.9 Å². The van der Waals surface area contributed by atoms with Gasteiger partial charge in [-0.05, 0) is 30.2 Å². The molecule has 31 heavy (non-hydrogen) atoms. The lowest BCUT2D eigenvalue weighted by Gasteiger charge is -2.15. The fourth-order valence-electron chi connectivity index (χ4n) is 4.06. The number of hydrogen-bond donors (Lipinski definition) is 1. The molecule has 4 aromatic rings. The lowest BCUT2D eigenvalue weighted by Crippen LogP contribution is -2.26. The van der Waals surface area contributed by atoms with Crippen molar-refractivity contribution in [1.29, 1.82) is 0 Å². The SMILES string of the molecule is COCCOc1cccc2ccc(-c3nnc4ccc(CN5CCC(N)C5)cn34)nc12. The number of pyridine rings is 2. The van der Waals surface area contributed by atoms with Crippen LogP contribution in [0.5, 0.6) is 5.75 Å². The third kappa shape index (κ3) is 4.10. The van der Waals surface area contributed by atoms with Crippen LogP contribution >= 0.6 is 0 Å². The van der Waals surface area contributed by atoms with Gasteiger partial charge in [0.1, 0.15) is 23.6 Å². The summed E-state index contributed by atoms with van der Waals surface area (Å²) in [6, 6.07) is 14.3. The van der Waals surface area contributed by atoms with Gasteiger partial charge in [-0.1, -0.05) is 24.3 Å². The first-order valence-electron chi connectivity index (χ1n) is 10.5. The minimum atomic E-state index is 0.274. The predicted molar refractivity (Wildman–Crippen MR) is 119 cm³/mol. The monoisotopic (exact) mass is 418 g/mol. The molecule has 0 amide bonds. The number of nitrogens with two attached hydrogens (primary N) is 1. The van der Waals surface area contributed by atoms with E-state index in [-0.39, 0.29) is 6.04 Å². The zero-order valence-electron chi connectivity index (χ0n) is 17.6. The standard InChI is InChI=1S/C23H26N6O2/c1-30-11-12-31-20-4-2-3-17-6-7-19(25-22(17)20)23-27-26-21-8-5-16(14-29(21)23)13-28-10-9-18(24)15-28/h2-8,14,18H,9-13,15,24H2,1H3. The Kier molecular flexibility index (Phi) is 5.50. The van der Waals surface area contributed by atoms with Crippen molar-refractivity contribution in [2.24, 2.45) is 5.73 Å². The molecule has 0 radical (unpaired) electrons. The number of hydrogen-bond acceptors (Lipinski definition) is 7. The highest BCUT2D eigenvalue weighted by molar-refractivity contribution is 5.86. The Labute approximate surface area is 180 Å². The first kappa shape index (κ1) is 19.9. The van der Waals surface area contributed by atoms with Gasteiger partial charge in [0.15, 0.2) is 11.5 Å². The van der Waals surface area contributed by atoms with Gasteiger partial charge in [-0.3, -0.25) is 9.30 Å². The van der Waals surface area contributed by atoms with E-state index in [1.807, 2.05) is 40.8 Å². The van der Waals surface area contributed by atoms with Crippen LogP contribution in [0.3, 0.4) is 0 Å². The zero-order valence-corrected chi connectivity index (χ0v) is 17.6. The summed E-state index contributed by atoms with van der Waals surface area (Å²) in [7, 11) is 1.66. The first-order chi connectivity index (χ1) is 15.2. The van der Waals surface area contributed by atoms with E-state index in [0.29, 0.717) is 19.0 Å².